The third kappa shape index (κ3) is 5.26. The average Bonchev–Trinajstić information content (AvgIpc) is 2.97. The summed E-state index contributed by atoms with van der Waals surface area (Å²) in [5, 5.41) is 16.5. The highest BCUT2D eigenvalue weighted by molar-refractivity contribution is 14.0. The van der Waals surface area contributed by atoms with Crippen molar-refractivity contribution in [3.63, 3.8) is 0 Å². The van der Waals surface area contributed by atoms with Gasteiger partial charge in [-0.25, -0.2) is 0 Å². The van der Waals surface area contributed by atoms with Crippen molar-refractivity contribution in [1.29, 1.82) is 0 Å². The SMILES string of the molecule is CN=C(NCc1cc(OC)ccc1O)NC1CCCC1.I. The highest BCUT2D eigenvalue weighted by Crippen LogP contribution is 2.22. The Morgan fingerprint density at radius 2 is 2.10 bits per heavy atom. The van der Waals surface area contributed by atoms with E-state index in [1.54, 1.807) is 26.3 Å². The van der Waals surface area contributed by atoms with Gasteiger partial charge in [0.2, 0.25) is 0 Å². The fourth-order valence-corrected chi connectivity index (χ4v) is 2.47. The van der Waals surface area contributed by atoms with E-state index in [0.717, 1.165) is 17.3 Å². The molecule has 0 saturated heterocycles. The second-order valence-corrected chi connectivity index (χ2v) is 5.05. The first-order valence-electron chi connectivity index (χ1n) is 7.06. The van der Waals surface area contributed by atoms with E-state index in [0.29, 0.717) is 12.6 Å². The number of halogens is 1. The fraction of sp³-hybridized carbons (Fsp3) is 0.533. The number of nitrogens with one attached hydrogen (secondary N) is 2. The zero-order valence-corrected chi connectivity index (χ0v) is 14.9. The number of methoxy groups -OCH3 is 1. The van der Waals surface area contributed by atoms with Gasteiger partial charge in [0.05, 0.1) is 7.11 Å². The van der Waals surface area contributed by atoms with Crippen molar-refractivity contribution in [2.45, 2.75) is 38.3 Å². The van der Waals surface area contributed by atoms with Gasteiger partial charge in [0.25, 0.3) is 0 Å². The number of benzene rings is 1. The minimum Gasteiger partial charge on any atom is -0.508 e. The lowest BCUT2D eigenvalue weighted by atomic mass is 10.2. The number of phenols is 1. The third-order valence-corrected chi connectivity index (χ3v) is 3.65. The number of rotatable bonds is 4. The second-order valence-electron chi connectivity index (χ2n) is 5.05. The Bertz CT molecular complexity index is 474. The number of nitrogens with zero attached hydrogens (tertiary/aromatic N) is 1. The summed E-state index contributed by atoms with van der Waals surface area (Å²) < 4.78 is 5.17. The fourth-order valence-electron chi connectivity index (χ4n) is 2.47. The number of hydrogen-bond donors (Lipinski definition) is 3. The maximum absolute atomic E-state index is 9.84. The third-order valence-electron chi connectivity index (χ3n) is 3.65. The molecule has 1 aliphatic carbocycles. The van der Waals surface area contributed by atoms with Crippen LogP contribution in [0.3, 0.4) is 0 Å². The molecule has 1 aromatic carbocycles. The van der Waals surface area contributed by atoms with E-state index in [9.17, 15) is 5.11 Å². The molecule has 1 aliphatic rings. The normalized spacial score (nSPS) is 15.4. The minimum atomic E-state index is 0. The molecule has 0 amide bonds. The molecule has 118 valence electrons. The lowest BCUT2D eigenvalue weighted by Gasteiger charge is -2.17. The first kappa shape index (κ1) is 17.9. The second kappa shape index (κ2) is 8.96. The Morgan fingerprint density at radius 1 is 1.38 bits per heavy atom. The molecule has 21 heavy (non-hydrogen) atoms. The van der Waals surface area contributed by atoms with Crippen molar-refractivity contribution in [2.75, 3.05) is 14.2 Å². The van der Waals surface area contributed by atoms with Gasteiger partial charge >= 0.3 is 0 Å². The Morgan fingerprint density at radius 3 is 2.71 bits per heavy atom. The highest BCUT2D eigenvalue weighted by Gasteiger charge is 2.16. The summed E-state index contributed by atoms with van der Waals surface area (Å²) in [7, 11) is 3.37. The quantitative estimate of drug-likeness (QED) is 0.410. The van der Waals surface area contributed by atoms with Crippen LogP contribution < -0.4 is 15.4 Å². The van der Waals surface area contributed by atoms with Gasteiger partial charge in [0.1, 0.15) is 11.5 Å². The highest BCUT2D eigenvalue weighted by atomic mass is 127. The molecule has 0 aromatic heterocycles. The molecule has 3 N–H and O–H groups in total. The average molecular weight is 405 g/mol. The topological polar surface area (TPSA) is 65.9 Å². The molecular formula is C15H24IN3O2. The summed E-state index contributed by atoms with van der Waals surface area (Å²) in [6, 6.07) is 5.72. The van der Waals surface area contributed by atoms with Crippen molar-refractivity contribution in [1.82, 2.24) is 10.6 Å². The van der Waals surface area contributed by atoms with Gasteiger partial charge < -0.3 is 20.5 Å². The number of hydrogen-bond acceptors (Lipinski definition) is 3. The summed E-state index contributed by atoms with van der Waals surface area (Å²) in [4.78, 5) is 4.22. The summed E-state index contributed by atoms with van der Waals surface area (Å²) >= 11 is 0. The summed E-state index contributed by atoms with van der Waals surface area (Å²) in [6.45, 7) is 0.509. The molecule has 2 rings (SSSR count). The molecule has 0 radical (unpaired) electrons. The zero-order valence-electron chi connectivity index (χ0n) is 12.6. The number of phenolic OH excluding ortho intramolecular Hbond substituents is 1. The molecule has 0 atom stereocenters. The summed E-state index contributed by atoms with van der Waals surface area (Å²) in [5.74, 6) is 1.77. The van der Waals surface area contributed by atoms with Crippen LogP contribution in [0.25, 0.3) is 0 Å². The van der Waals surface area contributed by atoms with Crippen LogP contribution in [0.4, 0.5) is 0 Å². The number of guanidine groups is 1. The molecule has 0 bridgehead atoms. The molecule has 1 aromatic rings. The van der Waals surface area contributed by atoms with E-state index in [4.69, 9.17) is 4.74 Å². The van der Waals surface area contributed by atoms with Crippen LogP contribution in [-0.2, 0) is 6.54 Å². The predicted octanol–water partition coefficient (Wildman–Crippen LogP) is 2.63. The summed E-state index contributed by atoms with van der Waals surface area (Å²) in [5.41, 5.74) is 0.790. The largest absolute Gasteiger partial charge is 0.508 e. The lowest BCUT2D eigenvalue weighted by molar-refractivity contribution is 0.410. The molecule has 0 unspecified atom stereocenters. The van der Waals surface area contributed by atoms with Crippen LogP contribution in [0, 0.1) is 0 Å². The maximum Gasteiger partial charge on any atom is 0.191 e. The Hall–Kier alpha value is -1.18. The Kier molecular flexibility index (Phi) is 7.63. The monoisotopic (exact) mass is 405 g/mol. The van der Waals surface area contributed by atoms with E-state index in [2.05, 4.69) is 15.6 Å². The van der Waals surface area contributed by atoms with Gasteiger partial charge in [-0.15, -0.1) is 24.0 Å². The van der Waals surface area contributed by atoms with Crippen LogP contribution in [-0.4, -0.2) is 31.3 Å². The van der Waals surface area contributed by atoms with Gasteiger partial charge in [0, 0.05) is 25.2 Å². The smallest absolute Gasteiger partial charge is 0.191 e. The number of aromatic hydroxyl groups is 1. The molecule has 0 heterocycles. The van der Waals surface area contributed by atoms with E-state index in [1.165, 1.54) is 25.7 Å². The molecule has 1 fully saturated rings. The zero-order chi connectivity index (χ0) is 14.4. The molecule has 0 spiro atoms. The lowest BCUT2D eigenvalue weighted by Crippen LogP contribution is -2.41. The molecular weight excluding hydrogens is 381 g/mol. The van der Waals surface area contributed by atoms with Crippen molar-refractivity contribution >= 4 is 29.9 Å². The van der Waals surface area contributed by atoms with E-state index < -0.39 is 0 Å². The van der Waals surface area contributed by atoms with Crippen LogP contribution in [0.15, 0.2) is 23.2 Å². The van der Waals surface area contributed by atoms with Crippen molar-refractivity contribution in [3.05, 3.63) is 23.8 Å². The van der Waals surface area contributed by atoms with Crippen LogP contribution >= 0.6 is 24.0 Å². The Balaban J connectivity index is 0.00000220. The first-order chi connectivity index (χ1) is 9.72. The molecule has 5 nitrogen and oxygen atoms in total. The maximum atomic E-state index is 9.84. The standard InChI is InChI=1S/C15H23N3O2.HI/c1-16-15(18-12-5-3-4-6-12)17-10-11-9-13(20-2)7-8-14(11)19;/h7-9,12,19H,3-6,10H2,1-2H3,(H2,16,17,18);1H. The molecule has 6 heteroatoms. The molecule has 0 aliphatic heterocycles. The van der Waals surface area contributed by atoms with Crippen molar-refractivity contribution in [2.24, 2.45) is 4.99 Å². The Labute approximate surface area is 143 Å². The van der Waals surface area contributed by atoms with E-state index >= 15 is 0 Å². The van der Waals surface area contributed by atoms with Crippen LogP contribution in [0.1, 0.15) is 31.2 Å². The van der Waals surface area contributed by atoms with Crippen LogP contribution in [0.5, 0.6) is 11.5 Å². The number of ether oxygens (including phenoxy) is 1. The molecule has 1 saturated carbocycles. The van der Waals surface area contributed by atoms with Gasteiger partial charge in [0.15, 0.2) is 5.96 Å². The summed E-state index contributed by atoms with van der Waals surface area (Å²) in [6.07, 6.45) is 4.97. The first-order valence-corrected chi connectivity index (χ1v) is 7.06. The van der Waals surface area contributed by atoms with Crippen molar-refractivity contribution < 1.29 is 9.84 Å². The van der Waals surface area contributed by atoms with Gasteiger partial charge in [-0.05, 0) is 31.0 Å². The van der Waals surface area contributed by atoms with Gasteiger partial charge in [-0.3, -0.25) is 4.99 Å². The predicted molar refractivity (Wildman–Crippen MR) is 95.7 cm³/mol. The number of aliphatic imine (C=N–C) groups is 1. The van der Waals surface area contributed by atoms with Gasteiger partial charge in [-0.2, -0.15) is 0 Å². The van der Waals surface area contributed by atoms with Gasteiger partial charge in [-0.1, -0.05) is 12.8 Å². The van der Waals surface area contributed by atoms with E-state index in [1.807, 2.05) is 6.07 Å². The minimum absolute atomic E-state index is 0. The van der Waals surface area contributed by atoms with Crippen molar-refractivity contribution in [3.8, 4) is 11.5 Å². The van der Waals surface area contributed by atoms with E-state index in [-0.39, 0.29) is 29.7 Å². The van der Waals surface area contributed by atoms with Crippen LogP contribution in [0.2, 0.25) is 0 Å².